The Balaban J connectivity index is 1.36. The summed E-state index contributed by atoms with van der Waals surface area (Å²) in [6, 6.07) is 0. The van der Waals surface area contributed by atoms with Crippen molar-refractivity contribution in [3.8, 4) is 11.8 Å². The van der Waals surface area contributed by atoms with Crippen LogP contribution in [0.1, 0.15) is 117 Å². The van der Waals surface area contributed by atoms with Crippen LogP contribution in [0.5, 0.6) is 0 Å². The molecule has 0 radical (unpaired) electrons. The van der Waals surface area contributed by atoms with Crippen LogP contribution in [0.25, 0.3) is 0 Å². The highest BCUT2D eigenvalue weighted by Crippen LogP contribution is 2.40. The minimum absolute atomic E-state index is 0.551. The van der Waals surface area contributed by atoms with E-state index in [1.807, 2.05) is 0 Å². The molecule has 3 aliphatic rings. The summed E-state index contributed by atoms with van der Waals surface area (Å²) < 4.78 is 0. The summed E-state index contributed by atoms with van der Waals surface area (Å²) in [5, 5.41) is 0. The van der Waals surface area contributed by atoms with Crippen molar-refractivity contribution in [2.45, 2.75) is 117 Å². The van der Waals surface area contributed by atoms with Gasteiger partial charge >= 0.3 is 0 Å². The fourth-order valence-electron chi connectivity index (χ4n) is 6.17. The molecule has 0 spiro atoms. The second-order valence-corrected chi connectivity index (χ2v) is 10.3. The topological polar surface area (TPSA) is 0 Å². The van der Waals surface area contributed by atoms with Crippen LogP contribution in [0.2, 0.25) is 0 Å². The largest absolute Gasteiger partial charge is 0.0993 e. The zero-order valence-corrected chi connectivity index (χ0v) is 18.9. The smallest absolute Gasteiger partial charge is 0.0383 e. The summed E-state index contributed by atoms with van der Waals surface area (Å²) in [6.45, 7) is 4.65. The molecular weight excluding hydrogens is 336 g/mol. The maximum atomic E-state index is 3.68. The third-order valence-electron chi connectivity index (χ3n) is 8.13. The lowest BCUT2D eigenvalue weighted by Gasteiger charge is -2.34. The van der Waals surface area contributed by atoms with E-state index >= 15 is 0 Å². The second-order valence-electron chi connectivity index (χ2n) is 10.3. The molecule has 0 nitrogen and oxygen atoms in total. The van der Waals surface area contributed by atoms with E-state index in [4.69, 9.17) is 0 Å². The molecule has 0 aromatic carbocycles. The first-order valence-electron chi connectivity index (χ1n) is 13.0. The number of unbranched alkanes of at least 4 members (excludes halogenated alkanes) is 2. The molecule has 0 N–H and O–H groups in total. The van der Waals surface area contributed by atoms with Crippen molar-refractivity contribution in [2.24, 2.45) is 35.5 Å². The van der Waals surface area contributed by atoms with E-state index in [0.29, 0.717) is 11.8 Å². The zero-order chi connectivity index (χ0) is 19.6. The van der Waals surface area contributed by atoms with Crippen molar-refractivity contribution in [3.05, 3.63) is 12.2 Å². The van der Waals surface area contributed by atoms with E-state index in [1.54, 1.807) is 0 Å². The Bertz CT molecular complexity index is 502. The molecule has 0 saturated heterocycles. The fraction of sp³-hybridized carbons (Fsp3) is 0.857. The summed E-state index contributed by atoms with van der Waals surface area (Å²) in [5.41, 5.74) is 0. The molecular formula is C28H46. The molecule has 2 saturated carbocycles. The molecule has 28 heavy (non-hydrogen) atoms. The molecule has 0 heteroatoms. The number of rotatable bonds is 7. The normalized spacial score (nSPS) is 35.9. The first kappa shape index (κ1) is 22.0. The number of hydrogen-bond donors (Lipinski definition) is 0. The molecule has 0 aliphatic heterocycles. The van der Waals surface area contributed by atoms with Crippen LogP contribution in [-0.2, 0) is 0 Å². The SMILES string of the molecule is CCCCCC1CCC(C2C=CC(C#CC3CCC(CCC)CC3)CC2)CC1. The lowest BCUT2D eigenvalue weighted by molar-refractivity contribution is 0.206. The minimum atomic E-state index is 0.551. The molecule has 0 amide bonds. The molecule has 2 unspecified atom stereocenters. The Labute approximate surface area is 176 Å². The predicted molar refractivity (Wildman–Crippen MR) is 123 cm³/mol. The lowest BCUT2D eigenvalue weighted by Crippen LogP contribution is -2.23. The number of hydrogen-bond acceptors (Lipinski definition) is 0. The molecule has 2 fully saturated rings. The van der Waals surface area contributed by atoms with E-state index in [-0.39, 0.29) is 0 Å². The highest BCUT2D eigenvalue weighted by molar-refractivity contribution is 5.16. The summed E-state index contributed by atoms with van der Waals surface area (Å²) >= 11 is 0. The van der Waals surface area contributed by atoms with Crippen LogP contribution in [0.15, 0.2) is 12.2 Å². The van der Waals surface area contributed by atoms with E-state index in [1.165, 1.54) is 103 Å². The zero-order valence-electron chi connectivity index (χ0n) is 18.9. The molecule has 2 atom stereocenters. The average molecular weight is 383 g/mol. The average Bonchev–Trinajstić information content (AvgIpc) is 2.75. The Morgan fingerprint density at radius 1 is 0.643 bits per heavy atom. The Hall–Kier alpha value is -0.700. The van der Waals surface area contributed by atoms with Crippen LogP contribution < -0.4 is 0 Å². The fourth-order valence-corrected chi connectivity index (χ4v) is 6.17. The molecule has 0 bridgehead atoms. The van der Waals surface area contributed by atoms with Crippen molar-refractivity contribution in [1.82, 2.24) is 0 Å². The predicted octanol–water partition coefficient (Wildman–Crippen LogP) is 8.57. The highest BCUT2D eigenvalue weighted by atomic mass is 14.3. The molecule has 0 aromatic heterocycles. The van der Waals surface area contributed by atoms with Crippen LogP contribution in [-0.4, -0.2) is 0 Å². The third-order valence-corrected chi connectivity index (χ3v) is 8.13. The molecule has 3 rings (SSSR count). The van der Waals surface area contributed by atoms with Gasteiger partial charge in [-0.2, -0.15) is 0 Å². The van der Waals surface area contributed by atoms with Gasteiger partial charge in [-0.1, -0.05) is 89.2 Å². The van der Waals surface area contributed by atoms with E-state index < -0.39 is 0 Å². The summed E-state index contributed by atoms with van der Waals surface area (Å²) in [4.78, 5) is 0. The molecule has 3 aliphatic carbocycles. The summed E-state index contributed by atoms with van der Waals surface area (Å²) in [5.74, 6) is 12.5. The number of allylic oxidation sites excluding steroid dienone is 2. The van der Waals surface area contributed by atoms with Gasteiger partial charge in [0, 0.05) is 11.8 Å². The van der Waals surface area contributed by atoms with Crippen LogP contribution in [0, 0.1) is 47.3 Å². The maximum absolute atomic E-state index is 3.68. The molecule has 0 aromatic rings. The van der Waals surface area contributed by atoms with Gasteiger partial charge in [0.15, 0.2) is 0 Å². The van der Waals surface area contributed by atoms with Gasteiger partial charge in [0.05, 0.1) is 0 Å². The van der Waals surface area contributed by atoms with Gasteiger partial charge in [-0.15, -0.1) is 0 Å². The Morgan fingerprint density at radius 3 is 2.00 bits per heavy atom. The second kappa shape index (κ2) is 12.1. The maximum Gasteiger partial charge on any atom is 0.0383 e. The van der Waals surface area contributed by atoms with Crippen LogP contribution >= 0.6 is 0 Å². The van der Waals surface area contributed by atoms with Crippen molar-refractivity contribution in [1.29, 1.82) is 0 Å². The van der Waals surface area contributed by atoms with Gasteiger partial charge in [-0.25, -0.2) is 0 Å². The monoisotopic (exact) mass is 382 g/mol. The lowest BCUT2D eigenvalue weighted by atomic mass is 9.71. The molecule has 0 heterocycles. The van der Waals surface area contributed by atoms with Gasteiger partial charge in [0.2, 0.25) is 0 Å². The van der Waals surface area contributed by atoms with Crippen LogP contribution in [0.3, 0.4) is 0 Å². The van der Waals surface area contributed by atoms with E-state index in [0.717, 1.165) is 23.7 Å². The van der Waals surface area contributed by atoms with Crippen LogP contribution in [0.4, 0.5) is 0 Å². The quantitative estimate of drug-likeness (QED) is 0.235. The van der Waals surface area contributed by atoms with Gasteiger partial charge < -0.3 is 0 Å². The summed E-state index contributed by atoms with van der Waals surface area (Å²) in [7, 11) is 0. The highest BCUT2D eigenvalue weighted by Gasteiger charge is 2.28. The van der Waals surface area contributed by atoms with Gasteiger partial charge in [-0.05, 0) is 75.0 Å². The third kappa shape index (κ3) is 6.97. The van der Waals surface area contributed by atoms with E-state index in [9.17, 15) is 0 Å². The van der Waals surface area contributed by atoms with Gasteiger partial charge in [-0.3, -0.25) is 0 Å². The van der Waals surface area contributed by atoms with Crippen molar-refractivity contribution in [3.63, 3.8) is 0 Å². The van der Waals surface area contributed by atoms with E-state index in [2.05, 4.69) is 37.8 Å². The van der Waals surface area contributed by atoms with Crippen molar-refractivity contribution >= 4 is 0 Å². The van der Waals surface area contributed by atoms with Crippen molar-refractivity contribution in [2.75, 3.05) is 0 Å². The summed E-state index contributed by atoms with van der Waals surface area (Å²) in [6.07, 6.45) is 27.9. The standard InChI is InChI=1S/C28H46/c1-3-5-6-8-24-15-19-27(20-16-24)28-21-17-26(18-22-28)14-13-25-11-9-23(7-4-2)10-12-25/h17,21,23-28H,3-12,15-16,18-20,22H2,1-2H3. The first-order chi connectivity index (χ1) is 13.8. The Morgan fingerprint density at radius 2 is 1.36 bits per heavy atom. The van der Waals surface area contributed by atoms with Crippen molar-refractivity contribution < 1.29 is 0 Å². The van der Waals surface area contributed by atoms with Gasteiger partial charge in [0.1, 0.15) is 0 Å². The molecule has 158 valence electrons. The Kier molecular flexibility index (Phi) is 9.51. The van der Waals surface area contributed by atoms with Gasteiger partial charge in [0.25, 0.3) is 0 Å². The minimum Gasteiger partial charge on any atom is -0.0993 e. The first-order valence-corrected chi connectivity index (χ1v) is 13.0.